The van der Waals surface area contributed by atoms with E-state index < -0.39 is 12.1 Å². The molecule has 0 fully saturated rings. The third-order valence-corrected chi connectivity index (χ3v) is 3.61. The number of esters is 1. The van der Waals surface area contributed by atoms with Gasteiger partial charge in [0.2, 0.25) is 0 Å². The van der Waals surface area contributed by atoms with Gasteiger partial charge in [0.15, 0.2) is 11.5 Å². The molecule has 1 aliphatic heterocycles. The van der Waals surface area contributed by atoms with Crippen LogP contribution in [0, 0.1) is 0 Å². The van der Waals surface area contributed by atoms with Crippen molar-refractivity contribution < 1.29 is 28.5 Å². The molecule has 0 unspecified atom stereocenters. The van der Waals surface area contributed by atoms with Gasteiger partial charge in [0.25, 0.3) is 0 Å². The molecule has 0 aromatic heterocycles. The Balaban J connectivity index is 2.27. The molecule has 1 aliphatic rings. The van der Waals surface area contributed by atoms with Crippen LogP contribution >= 0.6 is 0 Å². The van der Waals surface area contributed by atoms with Crippen LogP contribution in [-0.2, 0) is 14.3 Å². The Morgan fingerprint density at radius 1 is 1.00 bits per heavy atom. The van der Waals surface area contributed by atoms with Gasteiger partial charge in [-0.15, -0.1) is 0 Å². The molecule has 1 heterocycles. The van der Waals surface area contributed by atoms with Crippen molar-refractivity contribution in [3.8, 4) is 11.5 Å². The van der Waals surface area contributed by atoms with Crippen LogP contribution in [0.3, 0.4) is 0 Å². The van der Waals surface area contributed by atoms with E-state index in [1.165, 1.54) is 26.2 Å². The van der Waals surface area contributed by atoms with E-state index in [0.29, 0.717) is 28.5 Å². The minimum atomic E-state index is -0.513. The summed E-state index contributed by atoms with van der Waals surface area (Å²) < 4.78 is 19.9. The van der Waals surface area contributed by atoms with Crippen molar-refractivity contribution >= 4 is 17.7 Å². The van der Waals surface area contributed by atoms with Gasteiger partial charge in [-0.1, -0.05) is 0 Å². The number of benzene rings is 1. The van der Waals surface area contributed by atoms with Crippen molar-refractivity contribution in [2.24, 2.45) is 0 Å². The maximum absolute atomic E-state index is 12.0. The summed E-state index contributed by atoms with van der Waals surface area (Å²) in [5.74, 6) is 0.641. The zero-order valence-corrected chi connectivity index (χ0v) is 14.0. The molecule has 130 valence electrons. The molecule has 0 atom stereocenters. The van der Waals surface area contributed by atoms with Crippen molar-refractivity contribution in [2.45, 2.75) is 0 Å². The molecule has 0 bridgehead atoms. The first-order valence-electron chi connectivity index (χ1n) is 7.16. The Hall–Kier alpha value is -2.90. The minimum absolute atomic E-state index is 0.120. The Morgan fingerprint density at radius 2 is 1.71 bits per heavy atom. The molecule has 1 aromatic rings. The molecule has 2 rings (SSSR count). The van der Waals surface area contributed by atoms with E-state index in [0.717, 1.165) is 0 Å². The van der Waals surface area contributed by atoms with Gasteiger partial charge in [-0.2, -0.15) is 0 Å². The summed E-state index contributed by atoms with van der Waals surface area (Å²) in [4.78, 5) is 25.1. The molecule has 24 heavy (non-hydrogen) atoms. The highest BCUT2D eigenvalue weighted by Crippen LogP contribution is 2.31. The highest BCUT2D eigenvalue weighted by molar-refractivity contribution is 5.92. The van der Waals surface area contributed by atoms with E-state index in [2.05, 4.69) is 5.32 Å². The molecule has 8 nitrogen and oxygen atoms in total. The number of nitrogens with zero attached hydrogens (tertiary/aromatic N) is 1. The van der Waals surface area contributed by atoms with Crippen molar-refractivity contribution in [1.82, 2.24) is 4.90 Å². The Labute approximate surface area is 139 Å². The van der Waals surface area contributed by atoms with Crippen LogP contribution in [0.25, 0.3) is 0 Å². The predicted molar refractivity (Wildman–Crippen MR) is 86.2 cm³/mol. The van der Waals surface area contributed by atoms with Gasteiger partial charge >= 0.3 is 12.1 Å². The van der Waals surface area contributed by atoms with E-state index in [-0.39, 0.29) is 13.1 Å². The maximum atomic E-state index is 12.0. The number of methoxy groups -OCH3 is 4. The summed E-state index contributed by atoms with van der Waals surface area (Å²) in [6.45, 7) is 0.334. The molecule has 1 aromatic carbocycles. The second kappa shape index (κ2) is 7.58. The molecule has 0 aliphatic carbocycles. The topological polar surface area (TPSA) is 86.3 Å². The van der Waals surface area contributed by atoms with E-state index in [1.807, 2.05) is 0 Å². The number of rotatable bonds is 5. The maximum Gasteiger partial charge on any atom is 0.410 e. The quantitative estimate of drug-likeness (QED) is 0.818. The van der Waals surface area contributed by atoms with E-state index >= 15 is 0 Å². The van der Waals surface area contributed by atoms with Crippen LogP contribution in [0.5, 0.6) is 11.5 Å². The predicted octanol–water partition coefficient (Wildman–Crippen LogP) is 1.62. The second-order valence-electron chi connectivity index (χ2n) is 4.97. The van der Waals surface area contributed by atoms with Crippen molar-refractivity contribution in [3.63, 3.8) is 0 Å². The van der Waals surface area contributed by atoms with Crippen molar-refractivity contribution in [1.29, 1.82) is 0 Å². The van der Waals surface area contributed by atoms with E-state index in [9.17, 15) is 9.59 Å². The Bertz CT molecular complexity index is 671. The van der Waals surface area contributed by atoms with Gasteiger partial charge in [-0.25, -0.2) is 9.59 Å². The van der Waals surface area contributed by atoms with Crippen LogP contribution < -0.4 is 14.8 Å². The monoisotopic (exact) mass is 336 g/mol. The first kappa shape index (κ1) is 17.5. The van der Waals surface area contributed by atoms with Crippen LogP contribution in [-0.4, -0.2) is 58.5 Å². The number of anilines is 1. The largest absolute Gasteiger partial charge is 0.493 e. The van der Waals surface area contributed by atoms with Crippen LogP contribution in [0.2, 0.25) is 0 Å². The van der Waals surface area contributed by atoms with E-state index in [1.54, 1.807) is 25.3 Å². The van der Waals surface area contributed by atoms with Crippen molar-refractivity contribution in [3.05, 3.63) is 29.5 Å². The van der Waals surface area contributed by atoms with Gasteiger partial charge in [-0.05, 0) is 12.1 Å². The van der Waals surface area contributed by atoms with Gasteiger partial charge in [-0.3, -0.25) is 4.90 Å². The molecule has 1 amide bonds. The number of carbonyl (C=O) groups is 2. The van der Waals surface area contributed by atoms with Gasteiger partial charge < -0.3 is 24.3 Å². The average molecular weight is 336 g/mol. The number of nitrogens with one attached hydrogen (secondary N) is 1. The fourth-order valence-corrected chi connectivity index (χ4v) is 2.40. The van der Waals surface area contributed by atoms with Crippen molar-refractivity contribution in [2.75, 3.05) is 46.8 Å². The first-order chi connectivity index (χ1) is 11.5. The molecule has 1 N–H and O–H groups in total. The molecule has 0 spiro atoms. The summed E-state index contributed by atoms with van der Waals surface area (Å²) in [5, 5.41) is 3.13. The number of ether oxygens (including phenoxy) is 4. The SMILES string of the molecule is COC(=O)C1=C(Nc2ccc(OC)c(OC)c2)CN(C(=O)OC)C1. The lowest BCUT2D eigenvalue weighted by Crippen LogP contribution is -2.30. The van der Waals surface area contributed by atoms with E-state index in [4.69, 9.17) is 18.9 Å². The van der Waals surface area contributed by atoms with Crippen LogP contribution in [0.15, 0.2) is 29.5 Å². The third-order valence-electron chi connectivity index (χ3n) is 3.61. The molecule has 0 radical (unpaired) electrons. The standard InChI is InChI=1S/C16H20N2O6/c1-21-13-6-5-10(7-14(13)22-2)17-12-9-18(16(20)24-4)8-11(12)15(19)23-3/h5-7,17H,8-9H2,1-4H3. The normalized spacial score (nSPS) is 13.6. The summed E-state index contributed by atoms with van der Waals surface area (Å²) in [6.07, 6.45) is -0.513. The number of amides is 1. The highest BCUT2D eigenvalue weighted by Gasteiger charge is 2.31. The number of hydrogen-bond acceptors (Lipinski definition) is 7. The molecule has 0 saturated heterocycles. The summed E-state index contributed by atoms with van der Waals surface area (Å²) in [7, 11) is 5.67. The lowest BCUT2D eigenvalue weighted by molar-refractivity contribution is -0.136. The minimum Gasteiger partial charge on any atom is -0.493 e. The van der Waals surface area contributed by atoms with Crippen LogP contribution in [0.4, 0.5) is 10.5 Å². The molecular weight excluding hydrogens is 316 g/mol. The summed E-state index contributed by atoms with van der Waals surface area (Å²) in [5.41, 5.74) is 1.63. The van der Waals surface area contributed by atoms with Gasteiger partial charge in [0.05, 0.1) is 47.1 Å². The smallest absolute Gasteiger partial charge is 0.410 e. The second-order valence-corrected chi connectivity index (χ2v) is 4.97. The summed E-state index contributed by atoms with van der Waals surface area (Å²) >= 11 is 0. The molecular formula is C16H20N2O6. The zero-order chi connectivity index (χ0) is 17.7. The molecule has 0 saturated carbocycles. The van der Waals surface area contributed by atoms with Gasteiger partial charge in [0.1, 0.15) is 0 Å². The van der Waals surface area contributed by atoms with Crippen LogP contribution in [0.1, 0.15) is 0 Å². The highest BCUT2D eigenvalue weighted by atomic mass is 16.5. The number of carbonyl (C=O) groups excluding carboxylic acids is 2. The molecule has 8 heteroatoms. The lowest BCUT2D eigenvalue weighted by atomic mass is 10.2. The third kappa shape index (κ3) is 3.53. The first-order valence-corrected chi connectivity index (χ1v) is 7.16. The zero-order valence-electron chi connectivity index (χ0n) is 14.0. The Kier molecular flexibility index (Phi) is 5.51. The average Bonchev–Trinajstić information content (AvgIpc) is 3.03. The fourth-order valence-electron chi connectivity index (χ4n) is 2.40. The lowest BCUT2D eigenvalue weighted by Gasteiger charge is -2.15. The Morgan fingerprint density at radius 3 is 2.29 bits per heavy atom. The number of hydrogen-bond donors (Lipinski definition) is 1. The fraction of sp³-hybridized carbons (Fsp3) is 0.375. The van der Waals surface area contributed by atoms with Gasteiger partial charge in [0, 0.05) is 17.5 Å². The summed E-state index contributed by atoms with van der Waals surface area (Å²) in [6, 6.07) is 5.26.